The van der Waals surface area contributed by atoms with Crippen LogP contribution in [0.2, 0.25) is 10.0 Å². The van der Waals surface area contributed by atoms with Crippen molar-refractivity contribution in [1.82, 2.24) is 0 Å². The molecule has 0 unspecified atom stereocenters. The summed E-state index contributed by atoms with van der Waals surface area (Å²) >= 11 is 11.6. The minimum absolute atomic E-state index is 0.100. The Labute approximate surface area is 128 Å². The summed E-state index contributed by atoms with van der Waals surface area (Å²) in [6.07, 6.45) is 4.29. The molecule has 0 aromatic heterocycles. The maximum absolute atomic E-state index is 11.8. The van der Waals surface area contributed by atoms with Crippen LogP contribution in [0.5, 0.6) is 0 Å². The van der Waals surface area contributed by atoms with E-state index in [1.165, 1.54) is 6.08 Å². The van der Waals surface area contributed by atoms with Gasteiger partial charge in [0.05, 0.1) is 15.5 Å². The molecule has 0 aliphatic heterocycles. The third kappa shape index (κ3) is 3.98. The number of nitrogens with two attached hydrogens (primary N) is 1. The lowest BCUT2D eigenvalue weighted by Gasteiger charge is -2.23. The van der Waals surface area contributed by atoms with Crippen LogP contribution in [-0.4, -0.2) is 14.3 Å². The number of hydrogen-bond acceptors (Lipinski definition) is 2. The van der Waals surface area contributed by atoms with Gasteiger partial charge in [-0.05, 0) is 36.6 Å². The van der Waals surface area contributed by atoms with E-state index in [1.807, 2.05) is 0 Å². The molecule has 1 aliphatic carbocycles. The summed E-state index contributed by atoms with van der Waals surface area (Å²) in [7, 11) is -3.72. The molecule has 0 radical (unpaired) electrons. The number of nitrogens with zero attached hydrogens (tertiary/aromatic N) is 1. The summed E-state index contributed by atoms with van der Waals surface area (Å²) in [6.45, 7) is 0. The molecule has 1 saturated carbocycles. The summed E-state index contributed by atoms with van der Waals surface area (Å²) in [6, 6.07) is 4.84. The predicted molar refractivity (Wildman–Crippen MR) is 83.4 cm³/mol. The largest absolute Gasteiger partial charge is 0.386 e. The van der Waals surface area contributed by atoms with Crippen molar-refractivity contribution in [2.24, 2.45) is 16.0 Å². The van der Waals surface area contributed by atoms with Gasteiger partial charge in [0.25, 0.3) is 10.0 Å². The third-order valence-electron chi connectivity index (χ3n) is 3.13. The second-order valence-electron chi connectivity index (χ2n) is 4.64. The Morgan fingerprint density at radius 1 is 1.30 bits per heavy atom. The first kappa shape index (κ1) is 15.4. The Morgan fingerprint density at radius 3 is 2.55 bits per heavy atom. The molecule has 0 saturated heterocycles. The standard InChI is InChI=1S/C13H14Cl2N2O2S/c14-11-5-4-9(8-12(11)15)6-7-20(18,19)17-13(16)10-2-1-3-10/h4-8,10H,1-3H2,(H2,16,17)/b7-6+. The SMILES string of the molecule is N/C(=N/S(=O)(=O)/C=C/c1ccc(Cl)c(Cl)c1)C1CCC1. The highest BCUT2D eigenvalue weighted by Gasteiger charge is 2.22. The van der Waals surface area contributed by atoms with Gasteiger partial charge in [0.15, 0.2) is 0 Å². The highest BCUT2D eigenvalue weighted by molar-refractivity contribution is 7.93. The van der Waals surface area contributed by atoms with Gasteiger partial charge in [0.1, 0.15) is 5.84 Å². The Hall–Kier alpha value is -1.04. The number of amidine groups is 1. The van der Waals surface area contributed by atoms with Gasteiger partial charge in [-0.3, -0.25) is 0 Å². The van der Waals surface area contributed by atoms with Crippen molar-refractivity contribution in [3.8, 4) is 0 Å². The number of hydrogen-bond donors (Lipinski definition) is 1. The van der Waals surface area contributed by atoms with E-state index >= 15 is 0 Å². The monoisotopic (exact) mass is 332 g/mol. The molecule has 108 valence electrons. The van der Waals surface area contributed by atoms with Crippen LogP contribution in [0.4, 0.5) is 0 Å². The first-order valence-electron chi connectivity index (χ1n) is 6.11. The number of rotatable bonds is 4. The van der Waals surface area contributed by atoms with Crippen molar-refractivity contribution >= 4 is 45.1 Å². The molecule has 20 heavy (non-hydrogen) atoms. The van der Waals surface area contributed by atoms with Crippen molar-refractivity contribution in [2.75, 3.05) is 0 Å². The van der Waals surface area contributed by atoms with Gasteiger partial charge in [-0.25, -0.2) is 0 Å². The van der Waals surface area contributed by atoms with Crippen LogP contribution in [0.3, 0.4) is 0 Å². The van der Waals surface area contributed by atoms with Gasteiger partial charge in [0, 0.05) is 5.92 Å². The molecule has 2 rings (SSSR count). The van der Waals surface area contributed by atoms with E-state index in [2.05, 4.69) is 4.40 Å². The average molecular weight is 333 g/mol. The molecule has 2 N–H and O–H groups in total. The van der Waals surface area contributed by atoms with Crippen LogP contribution in [0.25, 0.3) is 6.08 Å². The maximum Gasteiger partial charge on any atom is 0.277 e. The van der Waals surface area contributed by atoms with Gasteiger partial charge in [-0.1, -0.05) is 35.7 Å². The van der Waals surface area contributed by atoms with E-state index in [1.54, 1.807) is 18.2 Å². The predicted octanol–water partition coefficient (Wildman–Crippen LogP) is 3.45. The smallest absolute Gasteiger partial charge is 0.277 e. The molecule has 0 bridgehead atoms. The highest BCUT2D eigenvalue weighted by atomic mass is 35.5. The van der Waals surface area contributed by atoms with Crippen molar-refractivity contribution in [3.63, 3.8) is 0 Å². The zero-order valence-electron chi connectivity index (χ0n) is 10.6. The fraction of sp³-hybridized carbons (Fsp3) is 0.308. The fourth-order valence-corrected chi connectivity index (χ4v) is 2.88. The van der Waals surface area contributed by atoms with Crippen LogP contribution in [0.15, 0.2) is 28.0 Å². The van der Waals surface area contributed by atoms with Crippen molar-refractivity contribution in [1.29, 1.82) is 0 Å². The second-order valence-corrected chi connectivity index (χ2v) is 6.93. The zero-order chi connectivity index (χ0) is 14.8. The van der Waals surface area contributed by atoms with E-state index in [-0.39, 0.29) is 11.8 Å². The molecule has 1 fully saturated rings. The molecule has 0 amide bonds. The lowest BCUT2D eigenvalue weighted by molar-refractivity contribution is 0.411. The van der Waals surface area contributed by atoms with E-state index in [0.29, 0.717) is 15.6 Å². The molecule has 4 nitrogen and oxygen atoms in total. The summed E-state index contributed by atoms with van der Waals surface area (Å²) in [5.41, 5.74) is 6.30. The van der Waals surface area contributed by atoms with Gasteiger partial charge < -0.3 is 5.73 Å². The first-order valence-corrected chi connectivity index (χ1v) is 8.37. The summed E-state index contributed by atoms with van der Waals surface area (Å²) < 4.78 is 27.2. The lowest BCUT2D eigenvalue weighted by atomic mass is 9.85. The normalized spacial score (nSPS) is 17.4. The van der Waals surface area contributed by atoms with Crippen LogP contribution >= 0.6 is 23.2 Å². The van der Waals surface area contributed by atoms with Gasteiger partial charge >= 0.3 is 0 Å². The molecule has 0 atom stereocenters. The van der Waals surface area contributed by atoms with Crippen LogP contribution in [-0.2, 0) is 10.0 Å². The average Bonchev–Trinajstić information content (AvgIpc) is 2.28. The Morgan fingerprint density at radius 2 is 2.00 bits per heavy atom. The van der Waals surface area contributed by atoms with Crippen LogP contribution in [0.1, 0.15) is 24.8 Å². The van der Waals surface area contributed by atoms with Gasteiger partial charge in [-0.15, -0.1) is 4.40 Å². The topological polar surface area (TPSA) is 72.5 Å². The van der Waals surface area contributed by atoms with Crippen molar-refractivity contribution in [3.05, 3.63) is 39.2 Å². The fourth-order valence-electron chi connectivity index (χ4n) is 1.74. The van der Waals surface area contributed by atoms with E-state index < -0.39 is 10.0 Å². The number of benzene rings is 1. The molecular formula is C13H14Cl2N2O2S. The molecule has 0 spiro atoms. The minimum Gasteiger partial charge on any atom is -0.386 e. The Bertz CT molecular complexity index is 665. The number of sulfonamides is 1. The number of halogens is 2. The van der Waals surface area contributed by atoms with Crippen LogP contribution in [0, 0.1) is 5.92 Å². The summed E-state index contributed by atoms with van der Waals surface area (Å²) in [5.74, 6) is 0.290. The molecule has 1 aromatic carbocycles. The molecule has 1 aliphatic rings. The van der Waals surface area contributed by atoms with E-state index in [9.17, 15) is 8.42 Å². The molecule has 0 heterocycles. The van der Waals surface area contributed by atoms with Gasteiger partial charge in [0.2, 0.25) is 0 Å². The third-order valence-corrected chi connectivity index (χ3v) is 4.82. The van der Waals surface area contributed by atoms with Crippen molar-refractivity contribution < 1.29 is 8.42 Å². The first-order chi connectivity index (χ1) is 9.37. The summed E-state index contributed by atoms with van der Waals surface area (Å²) in [4.78, 5) is 0. The molecule has 7 heteroatoms. The van der Waals surface area contributed by atoms with Crippen LogP contribution < -0.4 is 5.73 Å². The Kier molecular flexibility index (Phi) is 4.73. The lowest BCUT2D eigenvalue weighted by Crippen LogP contribution is -2.29. The quantitative estimate of drug-likeness (QED) is 0.677. The van der Waals surface area contributed by atoms with Crippen molar-refractivity contribution in [2.45, 2.75) is 19.3 Å². The highest BCUT2D eigenvalue weighted by Crippen LogP contribution is 2.27. The maximum atomic E-state index is 11.8. The summed E-state index contributed by atoms with van der Waals surface area (Å²) in [5, 5.41) is 1.79. The Balaban J connectivity index is 2.14. The van der Waals surface area contributed by atoms with Gasteiger partial charge in [-0.2, -0.15) is 8.42 Å². The zero-order valence-corrected chi connectivity index (χ0v) is 12.9. The minimum atomic E-state index is -3.72. The molecule has 1 aromatic rings. The van der Waals surface area contributed by atoms with E-state index in [4.69, 9.17) is 28.9 Å². The van der Waals surface area contributed by atoms with E-state index in [0.717, 1.165) is 24.7 Å². The molecular weight excluding hydrogens is 319 g/mol. The second kappa shape index (κ2) is 6.16.